The molecule has 0 aliphatic heterocycles. The molecule has 0 unspecified atom stereocenters. The fraction of sp³-hybridized carbons (Fsp3) is 0.300. The second kappa shape index (κ2) is 5.61. The molecule has 4 heteroatoms. The number of halogens is 1. The van der Waals surface area contributed by atoms with Crippen LogP contribution in [0.15, 0.2) is 24.3 Å². The number of hydrogen-bond acceptors (Lipinski definition) is 3. The van der Waals surface area contributed by atoms with Gasteiger partial charge < -0.3 is 10.8 Å². The summed E-state index contributed by atoms with van der Waals surface area (Å²) in [6.45, 7) is 1.61. The number of aliphatic hydroxyl groups excluding tert-OH is 1. The molecule has 0 saturated heterocycles. The summed E-state index contributed by atoms with van der Waals surface area (Å²) in [6, 6.07) is 8.58. The lowest BCUT2D eigenvalue weighted by molar-refractivity contribution is 0.164. The highest BCUT2D eigenvalue weighted by Crippen LogP contribution is 2.17. The van der Waals surface area contributed by atoms with Crippen LogP contribution >= 0.6 is 12.4 Å². The molecule has 0 saturated carbocycles. The van der Waals surface area contributed by atoms with E-state index in [9.17, 15) is 5.11 Å². The first-order valence-electron chi connectivity index (χ1n) is 4.09. The van der Waals surface area contributed by atoms with Gasteiger partial charge in [0.2, 0.25) is 0 Å². The fourth-order valence-electron chi connectivity index (χ4n) is 1.15. The van der Waals surface area contributed by atoms with E-state index in [4.69, 9.17) is 11.0 Å². The molecule has 1 aromatic carbocycles. The lowest BCUT2D eigenvalue weighted by Crippen LogP contribution is -2.23. The third-order valence-corrected chi connectivity index (χ3v) is 1.96. The van der Waals surface area contributed by atoms with Gasteiger partial charge in [-0.25, -0.2) is 0 Å². The molecule has 1 rings (SSSR count). The largest absolute Gasteiger partial charge is 0.391 e. The van der Waals surface area contributed by atoms with E-state index in [2.05, 4.69) is 0 Å². The second-order valence-electron chi connectivity index (χ2n) is 2.97. The molecule has 14 heavy (non-hydrogen) atoms. The number of nitriles is 1. The van der Waals surface area contributed by atoms with Crippen molar-refractivity contribution in [2.75, 3.05) is 0 Å². The Bertz CT molecular complexity index is 333. The minimum absolute atomic E-state index is 0. The molecule has 0 bridgehead atoms. The number of nitrogens with two attached hydrogens (primary N) is 1. The Hall–Kier alpha value is -1.08. The maximum absolute atomic E-state index is 9.26. The van der Waals surface area contributed by atoms with Crippen LogP contribution in [-0.2, 0) is 0 Å². The van der Waals surface area contributed by atoms with Gasteiger partial charge in [-0.1, -0.05) is 18.2 Å². The molecule has 3 nitrogen and oxygen atoms in total. The maximum atomic E-state index is 9.26. The van der Waals surface area contributed by atoms with E-state index in [1.165, 1.54) is 0 Å². The molecule has 76 valence electrons. The predicted octanol–water partition coefficient (Wildman–Crippen LogP) is 1.36. The normalized spacial score (nSPS) is 13.6. The molecule has 0 radical (unpaired) electrons. The highest BCUT2D eigenvalue weighted by Gasteiger charge is 2.14. The maximum Gasteiger partial charge on any atom is 0.0995 e. The molecule has 0 aliphatic carbocycles. The van der Waals surface area contributed by atoms with Crippen molar-refractivity contribution >= 4 is 12.4 Å². The number of aliphatic hydroxyl groups is 1. The van der Waals surface area contributed by atoms with Gasteiger partial charge >= 0.3 is 0 Å². The molecule has 0 heterocycles. The van der Waals surface area contributed by atoms with Crippen molar-refractivity contribution in [3.05, 3.63) is 35.4 Å². The summed E-state index contributed by atoms with van der Waals surface area (Å²) in [5.74, 6) is 0. The summed E-state index contributed by atoms with van der Waals surface area (Å²) in [7, 11) is 0. The summed E-state index contributed by atoms with van der Waals surface area (Å²) in [5.41, 5.74) is 6.93. The third kappa shape index (κ3) is 2.71. The average Bonchev–Trinajstić information content (AvgIpc) is 2.16. The zero-order chi connectivity index (χ0) is 9.84. The van der Waals surface area contributed by atoms with E-state index in [0.29, 0.717) is 11.1 Å². The van der Waals surface area contributed by atoms with Crippen LogP contribution in [0.4, 0.5) is 0 Å². The van der Waals surface area contributed by atoms with Crippen molar-refractivity contribution in [2.24, 2.45) is 5.73 Å². The van der Waals surface area contributed by atoms with Gasteiger partial charge in [-0.15, -0.1) is 12.4 Å². The van der Waals surface area contributed by atoms with Crippen molar-refractivity contribution < 1.29 is 5.11 Å². The van der Waals surface area contributed by atoms with Crippen molar-refractivity contribution in [2.45, 2.75) is 19.1 Å². The molecule has 0 amide bonds. The SMILES string of the molecule is C[C@@H](O)[C@@H](N)c1ccccc1C#N.Cl. The Balaban J connectivity index is 0.00000169. The average molecular weight is 213 g/mol. The molecule has 0 fully saturated rings. The molecule has 0 spiro atoms. The molecule has 0 aromatic heterocycles. The number of rotatable bonds is 2. The monoisotopic (exact) mass is 212 g/mol. The Morgan fingerprint density at radius 1 is 1.43 bits per heavy atom. The first-order chi connectivity index (χ1) is 6.16. The zero-order valence-corrected chi connectivity index (χ0v) is 8.66. The van der Waals surface area contributed by atoms with Crippen molar-refractivity contribution in [3.63, 3.8) is 0 Å². The van der Waals surface area contributed by atoms with Crippen molar-refractivity contribution in [3.8, 4) is 6.07 Å². The lowest BCUT2D eigenvalue weighted by Gasteiger charge is -2.15. The van der Waals surface area contributed by atoms with Crippen LogP contribution in [0.5, 0.6) is 0 Å². The Morgan fingerprint density at radius 2 is 2.00 bits per heavy atom. The molecule has 0 aliphatic rings. The first-order valence-corrected chi connectivity index (χ1v) is 4.09. The van der Waals surface area contributed by atoms with Gasteiger partial charge in [0.25, 0.3) is 0 Å². The van der Waals surface area contributed by atoms with Gasteiger partial charge in [-0.05, 0) is 18.6 Å². The van der Waals surface area contributed by atoms with Crippen LogP contribution in [0.1, 0.15) is 24.1 Å². The number of hydrogen-bond donors (Lipinski definition) is 2. The molecule has 2 atom stereocenters. The summed E-state index contributed by atoms with van der Waals surface area (Å²) >= 11 is 0. The lowest BCUT2D eigenvalue weighted by atomic mass is 9.98. The third-order valence-electron chi connectivity index (χ3n) is 1.96. The van der Waals surface area contributed by atoms with Gasteiger partial charge in [-0.3, -0.25) is 0 Å². The van der Waals surface area contributed by atoms with E-state index in [1.807, 2.05) is 6.07 Å². The summed E-state index contributed by atoms with van der Waals surface area (Å²) in [6.07, 6.45) is -0.644. The highest BCUT2D eigenvalue weighted by atomic mass is 35.5. The Morgan fingerprint density at radius 3 is 2.50 bits per heavy atom. The number of benzene rings is 1. The van der Waals surface area contributed by atoms with Gasteiger partial charge in [0.05, 0.1) is 23.8 Å². The van der Waals surface area contributed by atoms with E-state index < -0.39 is 12.1 Å². The van der Waals surface area contributed by atoms with Gasteiger partial charge in [0.1, 0.15) is 0 Å². The van der Waals surface area contributed by atoms with Crippen LogP contribution < -0.4 is 5.73 Å². The quantitative estimate of drug-likeness (QED) is 0.778. The molecular formula is C10H13ClN2O. The Labute approximate surface area is 89.6 Å². The predicted molar refractivity (Wildman–Crippen MR) is 57.0 cm³/mol. The zero-order valence-electron chi connectivity index (χ0n) is 7.84. The summed E-state index contributed by atoms with van der Waals surface area (Å²) in [4.78, 5) is 0. The van der Waals surface area contributed by atoms with Crippen LogP contribution in [0, 0.1) is 11.3 Å². The Kier molecular flexibility index (Phi) is 5.18. The van der Waals surface area contributed by atoms with Crippen molar-refractivity contribution in [1.29, 1.82) is 5.26 Å². The van der Waals surface area contributed by atoms with Crippen LogP contribution in [0.25, 0.3) is 0 Å². The first kappa shape index (κ1) is 12.9. The highest BCUT2D eigenvalue weighted by molar-refractivity contribution is 5.85. The van der Waals surface area contributed by atoms with E-state index in [0.717, 1.165) is 0 Å². The molecule has 3 N–H and O–H groups in total. The van der Waals surface area contributed by atoms with Gasteiger partial charge in [-0.2, -0.15) is 5.26 Å². The molecule has 1 aromatic rings. The second-order valence-corrected chi connectivity index (χ2v) is 2.97. The summed E-state index contributed by atoms with van der Waals surface area (Å²) in [5, 5.41) is 18.0. The van der Waals surface area contributed by atoms with Gasteiger partial charge in [0.15, 0.2) is 0 Å². The topological polar surface area (TPSA) is 70.0 Å². The summed E-state index contributed by atoms with van der Waals surface area (Å²) < 4.78 is 0. The fourth-order valence-corrected chi connectivity index (χ4v) is 1.15. The van der Waals surface area contributed by atoms with E-state index in [-0.39, 0.29) is 12.4 Å². The standard InChI is InChI=1S/C10H12N2O.ClH/c1-7(13)10(12)9-5-3-2-4-8(9)6-11;/h2-5,7,10,13H,12H2,1H3;1H/t7-,10-;/m1./s1. The number of nitrogens with zero attached hydrogens (tertiary/aromatic N) is 1. The van der Waals surface area contributed by atoms with Crippen LogP contribution in [0.3, 0.4) is 0 Å². The van der Waals surface area contributed by atoms with Crippen LogP contribution in [0.2, 0.25) is 0 Å². The van der Waals surface area contributed by atoms with Crippen LogP contribution in [-0.4, -0.2) is 11.2 Å². The van der Waals surface area contributed by atoms with E-state index in [1.54, 1.807) is 31.2 Å². The molecular weight excluding hydrogens is 200 g/mol. The minimum Gasteiger partial charge on any atom is -0.391 e. The van der Waals surface area contributed by atoms with Gasteiger partial charge in [0, 0.05) is 0 Å². The van der Waals surface area contributed by atoms with E-state index >= 15 is 0 Å². The smallest absolute Gasteiger partial charge is 0.0995 e. The minimum atomic E-state index is -0.644. The van der Waals surface area contributed by atoms with Crippen molar-refractivity contribution in [1.82, 2.24) is 0 Å².